The van der Waals surface area contributed by atoms with E-state index in [9.17, 15) is 4.79 Å². The summed E-state index contributed by atoms with van der Waals surface area (Å²) in [6.45, 7) is 0. The first-order valence-corrected chi connectivity index (χ1v) is 6.01. The Kier molecular flexibility index (Phi) is 3.91. The van der Waals surface area contributed by atoms with Gasteiger partial charge in [-0.2, -0.15) is 0 Å². The van der Waals surface area contributed by atoms with Crippen LogP contribution in [0, 0.1) is 0 Å². The van der Waals surface area contributed by atoms with Crippen molar-refractivity contribution in [3.63, 3.8) is 0 Å². The van der Waals surface area contributed by atoms with Gasteiger partial charge in [0, 0.05) is 18.7 Å². The average molecular weight is 231 g/mol. The Labute approximate surface area is 102 Å². The van der Waals surface area contributed by atoms with Crippen LogP contribution in [0.3, 0.4) is 0 Å². The van der Waals surface area contributed by atoms with Crippen molar-refractivity contribution in [1.29, 1.82) is 0 Å². The number of hydrogen-bond donors (Lipinski definition) is 0. The molecule has 0 N–H and O–H groups in total. The van der Waals surface area contributed by atoms with Gasteiger partial charge in [0.1, 0.15) is 0 Å². The molecule has 1 heterocycles. The second-order valence-electron chi connectivity index (χ2n) is 4.28. The molecule has 3 heteroatoms. The van der Waals surface area contributed by atoms with Gasteiger partial charge in [-0.05, 0) is 36.8 Å². The Hall–Kier alpha value is -1.64. The highest BCUT2D eigenvalue weighted by Crippen LogP contribution is 2.19. The number of pyridine rings is 1. The van der Waals surface area contributed by atoms with Crippen molar-refractivity contribution < 1.29 is 9.53 Å². The lowest BCUT2D eigenvalue weighted by Gasteiger charge is -2.11. The Morgan fingerprint density at radius 1 is 1.41 bits per heavy atom. The third-order valence-electron chi connectivity index (χ3n) is 3.02. The van der Waals surface area contributed by atoms with Crippen molar-refractivity contribution in [2.45, 2.75) is 32.1 Å². The monoisotopic (exact) mass is 231 g/mol. The molecular weight excluding hydrogens is 214 g/mol. The molecule has 0 unspecified atom stereocenters. The maximum absolute atomic E-state index is 12.0. The Morgan fingerprint density at radius 2 is 2.29 bits per heavy atom. The smallest absolute Gasteiger partial charge is 0.212 e. The van der Waals surface area contributed by atoms with Crippen LogP contribution in [-0.4, -0.2) is 17.9 Å². The Morgan fingerprint density at radius 3 is 2.88 bits per heavy atom. The van der Waals surface area contributed by atoms with Crippen LogP contribution in [0.4, 0.5) is 0 Å². The number of hydrogen-bond acceptors (Lipinski definition) is 3. The summed E-state index contributed by atoms with van der Waals surface area (Å²) in [6, 6.07) is 3.69. The maximum atomic E-state index is 12.0. The quantitative estimate of drug-likeness (QED) is 0.799. The van der Waals surface area contributed by atoms with E-state index in [0.717, 1.165) is 30.4 Å². The highest BCUT2D eigenvalue weighted by molar-refractivity contribution is 5.96. The number of Topliss-reactive ketones (excluding diaryl/α,β-unsaturated/α-hetero) is 1. The lowest BCUT2D eigenvalue weighted by Crippen LogP contribution is -2.09. The molecule has 0 aromatic carbocycles. The van der Waals surface area contributed by atoms with Gasteiger partial charge in [0.2, 0.25) is 5.88 Å². The first kappa shape index (κ1) is 11.8. The van der Waals surface area contributed by atoms with Gasteiger partial charge >= 0.3 is 0 Å². The lowest BCUT2D eigenvalue weighted by molar-refractivity contribution is -0.115. The van der Waals surface area contributed by atoms with Gasteiger partial charge < -0.3 is 4.74 Å². The topological polar surface area (TPSA) is 39.2 Å². The number of nitrogens with zero attached hydrogens (tertiary/aromatic N) is 1. The molecule has 0 radical (unpaired) electrons. The summed E-state index contributed by atoms with van der Waals surface area (Å²) >= 11 is 0. The molecule has 0 saturated carbocycles. The number of ether oxygens (including phenoxy) is 1. The van der Waals surface area contributed by atoms with Crippen LogP contribution < -0.4 is 4.74 Å². The third kappa shape index (κ3) is 3.16. The van der Waals surface area contributed by atoms with Crippen LogP contribution in [0.25, 0.3) is 0 Å². The summed E-state index contributed by atoms with van der Waals surface area (Å²) in [4.78, 5) is 16.1. The standard InChI is InChI=1S/C14H17NO2/c1-17-14-8-7-11(10-15-14)9-13(16)12-5-3-2-4-6-12/h5,7-8,10H,2-4,6,9H2,1H3. The van der Waals surface area contributed by atoms with Crippen LogP contribution in [0.15, 0.2) is 30.0 Å². The minimum absolute atomic E-state index is 0.233. The summed E-state index contributed by atoms with van der Waals surface area (Å²) in [7, 11) is 1.58. The van der Waals surface area contributed by atoms with Crippen molar-refractivity contribution in [1.82, 2.24) is 4.98 Å². The van der Waals surface area contributed by atoms with E-state index in [2.05, 4.69) is 11.1 Å². The van der Waals surface area contributed by atoms with Crippen LogP contribution >= 0.6 is 0 Å². The van der Waals surface area contributed by atoms with E-state index < -0.39 is 0 Å². The molecule has 1 aliphatic rings. The predicted octanol–water partition coefficient (Wildman–Crippen LogP) is 2.70. The van der Waals surface area contributed by atoms with E-state index >= 15 is 0 Å². The van der Waals surface area contributed by atoms with Gasteiger partial charge in [-0.1, -0.05) is 12.1 Å². The molecule has 1 aliphatic carbocycles. The summed E-state index contributed by atoms with van der Waals surface area (Å²) in [5.74, 6) is 0.815. The second kappa shape index (κ2) is 5.62. The van der Waals surface area contributed by atoms with E-state index in [1.54, 1.807) is 19.4 Å². The SMILES string of the molecule is COc1ccc(CC(=O)C2=CCCCC2)cn1. The zero-order valence-electron chi connectivity index (χ0n) is 10.1. The Balaban J connectivity index is 1.99. The van der Waals surface area contributed by atoms with Crippen LogP contribution in [0.2, 0.25) is 0 Å². The van der Waals surface area contributed by atoms with Gasteiger partial charge in [-0.25, -0.2) is 4.98 Å². The normalized spacial score (nSPS) is 15.2. The lowest BCUT2D eigenvalue weighted by atomic mass is 9.94. The molecule has 0 bridgehead atoms. The van der Waals surface area contributed by atoms with E-state index in [0.29, 0.717) is 12.3 Å². The number of carbonyl (C=O) groups excluding carboxylic acids is 1. The van der Waals surface area contributed by atoms with Crippen LogP contribution in [0.5, 0.6) is 5.88 Å². The molecule has 0 saturated heterocycles. The van der Waals surface area contributed by atoms with E-state index in [1.165, 1.54) is 6.42 Å². The van der Waals surface area contributed by atoms with Crippen LogP contribution in [-0.2, 0) is 11.2 Å². The van der Waals surface area contributed by atoms with Crippen molar-refractivity contribution in [3.8, 4) is 5.88 Å². The molecule has 3 nitrogen and oxygen atoms in total. The molecule has 90 valence electrons. The molecule has 1 aromatic heterocycles. The fourth-order valence-electron chi connectivity index (χ4n) is 2.03. The van der Waals surface area contributed by atoms with E-state index in [1.807, 2.05) is 6.07 Å². The van der Waals surface area contributed by atoms with Crippen molar-refractivity contribution in [2.24, 2.45) is 0 Å². The first-order valence-electron chi connectivity index (χ1n) is 6.01. The number of carbonyl (C=O) groups is 1. The van der Waals surface area contributed by atoms with Gasteiger partial charge in [-0.15, -0.1) is 0 Å². The summed E-state index contributed by atoms with van der Waals surface area (Å²) < 4.78 is 4.98. The second-order valence-corrected chi connectivity index (χ2v) is 4.28. The van der Waals surface area contributed by atoms with Crippen molar-refractivity contribution >= 4 is 5.78 Å². The largest absolute Gasteiger partial charge is 0.481 e. The Bertz CT molecular complexity index is 420. The fraction of sp³-hybridized carbons (Fsp3) is 0.429. The maximum Gasteiger partial charge on any atom is 0.212 e. The zero-order valence-corrected chi connectivity index (χ0v) is 10.1. The van der Waals surface area contributed by atoms with Crippen molar-refractivity contribution in [2.75, 3.05) is 7.11 Å². The number of aromatic nitrogens is 1. The van der Waals surface area contributed by atoms with Gasteiger partial charge in [0.25, 0.3) is 0 Å². The minimum atomic E-state index is 0.233. The fourth-order valence-corrected chi connectivity index (χ4v) is 2.03. The summed E-state index contributed by atoms with van der Waals surface area (Å²) in [5.41, 5.74) is 1.94. The van der Waals surface area contributed by atoms with Gasteiger partial charge in [0.05, 0.1) is 7.11 Å². The summed E-state index contributed by atoms with van der Waals surface area (Å²) in [5, 5.41) is 0. The molecular formula is C14H17NO2. The molecule has 0 amide bonds. The van der Waals surface area contributed by atoms with Crippen LogP contribution in [0.1, 0.15) is 31.2 Å². The predicted molar refractivity (Wildman–Crippen MR) is 66.1 cm³/mol. The van der Waals surface area contributed by atoms with Gasteiger partial charge in [-0.3, -0.25) is 4.79 Å². The number of ketones is 1. The molecule has 17 heavy (non-hydrogen) atoms. The molecule has 0 aliphatic heterocycles. The third-order valence-corrected chi connectivity index (χ3v) is 3.02. The molecule has 1 aromatic rings. The molecule has 0 fully saturated rings. The first-order chi connectivity index (χ1) is 8.29. The molecule has 0 spiro atoms. The number of methoxy groups -OCH3 is 1. The van der Waals surface area contributed by atoms with E-state index in [-0.39, 0.29) is 5.78 Å². The molecule has 0 atom stereocenters. The number of rotatable bonds is 4. The minimum Gasteiger partial charge on any atom is -0.481 e. The zero-order chi connectivity index (χ0) is 12.1. The highest BCUT2D eigenvalue weighted by Gasteiger charge is 2.12. The summed E-state index contributed by atoms with van der Waals surface area (Å²) in [6.07, 6.45) is 8.56. The average Bonchev–Trinajstić information content (AvgIpc) is 2.40. The van der Waals surface area contributed by atoms with E-state index in [4.69, 9.17) is 4.74 Å². The highest BCUT2D eigenvalue weighted by atomic mass is 16.5. The van der Waals surface area contributed by atoms with Crippen molar-refractivity contribution in [3.05, 3.63) is 35.5 Å². The number of allylic oxidation sites excluding steroid dienone is 2. The molecule has 2 rings (SSSR count). The van der Waals surface area contributed by atoms with Gasteiger partial charge in [0.15, 0.2) is 5.78 Å².